The van der Waals surface area contributed by atoms with Gasteiger partial charge in [-0.2, -0.15) is 0 Å². The van der Waals surface area contributed by atoms with Crippen LogP contribution in [0.15, 0.2) is 12.7 Å². The summed E-state index contributed by atoms with van der Waals surface area (Å²) in [5, 5.41) is 9.02. The average molecular weight is 250 g/mol. The zero-order valence-electron chi connectivity index (χ0n) is 11.3. The smallest absolute Gasteiger partial charge is 0.306 e. The molecule has 0 spiro atoms. The second-order valence-electron chi connectivity index (χ2n) is 6.26. The van der Waals surface area contributed by atoms with Crippen molar-refractivity contribution in [3.63, 3.8) is 0 Å². The Balaban J connectivity index is 1.74. The molecule has 0 aromatic heterocycles. The molecule has 1 N–H and O–H groups in total. The highest BCUT2D eigenvalue weighted by molar-refractivity contribution is 5.69. The molecule has 0 aromatic carbocycles. The largest absolute Gasteiger partial charge is 0.481 e. The summed E-state index contributed by atoms with van der Waals surface area (Å²) in [6.07, 6.45) is 12.8. The lowest BCUT2D eigenvalue weighted by atomic mass is 9.69. The number of carbonyl (C=O) groups is 1. The molecule has 2 fully saturated rings. The predicted molar refractivity (Wildman–Crippen MR) is 73.3 cm³/mol. The molecule has 0 heterocycles. The van der Waals surface area contributed by atoms with Crippen molar-refractivity contribution in [3.05, 3.63) is 12.7 Å². The first-order valence-electron chi connectivity index (χ1n) is 7.54. The van der Waals surface area contributed by atoms with Crippen LogP contribution < -0.4 is 0 Å². The fraction of sp³-hybridized carbons (Fsp3) is 0.812. The fourth-order valence-electron chi connectivity index (χ4n) is 3.97. The average Bonchev–Trinajstić information content (AvgIpc) is 2.40. The number of rotatable bonds is 4. The first-order chi connectivity index (χ1) is 8.70. The molecule has 0 bridgehead atoms. The molecule has 2 aliphatic rings. The number of hydrogen-bond donors (Lipinski definition) is 1. The van der Waals surface area contributed by atoms with E-state index in [0.29, 0.717) is 0 Å². The van der Waals surface area contributed by atoms with Gasteiger partial charge in [0, 0.05) is 0 Å². The van der Waals surface area contributed by atoms with Crippen LogP contribution in [0.2, 0.25) is 0 Å². The number of carboxylic acid groups (broad SMARTS) is 1. The molecular weight excluding hydrogens is 224 g/mol. The van der Waals surface area contributed by atoms with E-state index >= 15 is 0 Å². The van der Waals surface area contributed by atoms with Crippen molar-refractivity contribution in [2.24, 2.45) is 23.7 Å². The van der Waals surface area contributed by atoms with Crippen LogP contribution in [0.1, 0.15) is 57.8 Å². The van der Waals surface area contributed by atoms with Crippen molar-refractivity contribution >= 4 is 5.97 Å². The Morgan fingerprint density at radius 3 is 1.94 bits per heavy atom. The van der Waals surface area contributed by atoms with Crippen LogP contribution in [0, 0.1) is 23.7 Å². The van der Waals surface area contributed by atoms with E-state index in [-0.39, 0.29) is 5.92 Å². The third-order valence-electron chi connectivity index (χ3n) is 5.18. The fourth-order valence-corrected chi connectivity index (χ4v) is 3.97. The Kier molecular flexibility index (Phi) is 4.85. The van der Waals surface area contributed by atoms with E-state index in [2.05, 4.69) is 12.7 Å². The molecule has 2 rings (SSSR count). The van der Waals surface area contributed by atoms with Crippen LogP contribution in [0.4, 0.5) is 0 Å². The highest BCUT2D eigenvalue weighted by Gasteiger charge is 2.32. The van der Waals surface area contributed by atoms with Gasteiger partial charge in [-0.25, -0.2) is 0 Å². The Morgan fingerprint density at radius 2 is 1.50 bits per heavy atom. The topological polar surface area (TPSA) is 37.3 Å². The minimum atomic E-state index is -0.580. The van der Waals surface area contributed by atoms with Gasteiger partial charge >= 0.3 is 5.97 Å². The van der Waals surface area contributed by atoms with Gasteiger partial charge in [0.2, 0.25) is 0 Å². The number of carboxylic acids is 1. The van der Waals surface area contributed by atoms with Gasteiger partial charge in [0.15, 0.2) is 0 Å². The maximum absolute atomic E-state index is 10.9. The minimum absolute atomic E-state index is 0.0571. The van der Waals surface area contributed by atoms with Crippen molar-refractivity contribution in [3.8, 4) is 0 Å². The standard InChI is InChI=1S/C16H26O2/c1-2-3-12-4-6-13(7-5-12)14-8-10-15(11-9-14)16(17)18/h2,12-15H,1,3-11H2,(H,17,18). The molecule has 2 saturated carbocycles. The number of hydrogen-bond acceptors (Lipinski definition) is 1. The van der Waals surface area contributed by atoms with Crippen molar-refractivity contribution in [1.29, 1.82) is 0 Å². The predicted octanol–water partition coefficient (Wildman–Crippen LogP) is 4.26. The van der Waals surface area contributed by atoms with Crippen LogP contribution >= 0.6 is 0 Å². The van der Waals surface area contributed by atoms with Gasteiger partial charge in [-0.05, 0) is 75.5 Å². The third kappa shape index (κ3) is 3.37. The molecule has 102 valence electrons. The normalized spacial score (nSPS) is 37.1. The first-order valence-corrected chi connectivity index (χ1v) is 7.54. The minimum Gasteiger partial charge on any atom is -0.481 e. The Hall–Kier alpha value is -0.790. The lowest BCUT2D eigenvalue weighted by molar-refractivity contribution is -0.143. The first kappa shape index (κ1) is 13.6. The molecule has 0 aliphatic heterocycles. The SMILES string of the molecule is C=CCC1CCC(C2CCC(C(=O)O)CC2)CC1. The van der Waals surface area contributed by atoms with E-state index in [1.165, 1.54) is 32.1 Å². The molecule has 0 saturated heterocycles. The summed E-state index contributed by atoms with van der Waals surface area (Å²) in [7, 11) is 0. The van der Waals surface area contributed by atoms with E-state index in [4.69, 9.17) is 5.11 Å². The maximum Gasteiger partial charge on any atom is 0.306 e. The van der Waals surface area contributed by atoms with E-state index in [1.54, 1.807) is 0 Å². The summed E-state index contributed by atoms with van der Waals surface area (Å²) in [5.41, 5.74) is 0. The van der Waals surface area contributed by atoms with Crippen molar-refractivity contribution in [1.82, 2.24) is 0 Å². The van der Waals surface area contributed by atoms with Crippen LogP contribution in [-0.2, 0) is 4.79 Å². The summed E-state index contributed by atoms with van der Waals surface area (Å²) < 4.78 is 0. The Bertz CT molecular complexity index is 281. The number of aliphatic carboxylic acids is 1. The Morgan fingerprint density at radius 1 is 1.00 bits per heavy atom. The molecule has 2 aliphatic carbocycles. The van der Waals surface area contributed by atoms with E-state index < -0.39 is 5.97 Å². The lowest BCUT2D eigenvalue weighted by Gasteiger charge is -2.37. The summed E-state index contributed by atoms with van der Waals surface area (Å²) in [4.78, 5) is 10.9. The highest BCUT2D eigenvalue weighted by Crippen LogP contribution is 2.41. The van der Waals surface area contributed by atoms with E-state index in [1.807, 2.05) is 0 Å². The summed E-state index contributed by atoms with van der Waals surface area (Å²) in [5.74, 6) is 1.92. The zero-order valence-corrected chi connectivity index (χ0v) is 11.3. The Labute approximate surface area is 110 Å². The van der Waals surface area contributed by atoms with Crippen LogP contribution in [0.3, 0.4) is 0 Å². The van der Waals surface area contributed by atoms with Crippen molar-refractivity contribution in [2.45, 2.75) is 57.8 Å². The molecule has 0 aromatic rings. The van der Waals surface area contributed by atoms with Gasteiger partial charge in [-0.3, -0.25) is 4.79 Å². The molecule has 18 heavy (non-hydrogen) atoms. The van der Waals surface area contributed by atoms with Crippen molar-refractivity contribution in [2.75, 3.05) is 0 Å². The third-order valence-corrected chi connectivity index (χ3v) is 5.18. The molecule has 0 amide bonds. The highest BCUT2D eigenvalue weighted by atomic mass is 16.4. The van der Waals surface area contributed by atoms with Gasteiger partial charge < -0.3 is 5.11 Å². The monoisotopic (exact) mass is 250 g/mol. The van der Waals surface area contributed by atoms with Crippen LogP contribution in [-0.4, -0.2) is 11.1 Å². The second-order valence-corrected chi connectivity index (χ2v) is 6.26. The second kappa shape index (κ2) is 6.40. The molecule has 0 unspecified atom stereocenters. The molecular formula is C16H26O2. The van der Waals surface area contributed by atoms with Crippen LogP contribution in [0.5, 0.6) is 0 Å². The summed E-state index contributed by atoms with van der Waals surface area (Å²) >= 11 is 0. The van der Waals surface area contributed by atoms with Gasteiger partial charge in [-0.15, -0.1) is 6.58 Å². The zero-order chi connectivity index (χ0) is 13.0. The summed E-state index contributed by atoms with van der Waals surface area (Å²) in [6.45, 7) is 3.83. The van der Waals surface area contributed by atoms with Crippen LogP contribution in [0.25, 0.3) is 0 Å². The molecule has 0 atom stereocenters. The van der Waals surface area contributed by atoms with E-state index in [0.717, 1.165) is 43.4 Å². The quantitative estimate of drug-likeness (QED) is 0.757. The molecule has 0 radical (unpaired) electrons. The van der Waals surface area contributed by atoms with Gasteiger partial charge in [0.1, 0.15) is 0 Å². The lowest BCUT2D eigenvalue weighted by Crippen LogP contribution is -2.28. The van der Waals surface area contributed by atoms with Gasteiger partial charge in [-0.1, -0.05) is 6.08 Å². The van der Waals surface area contributed by atoms with Gasteiger partial charge in [0.25, 0.3) is 0 Å². The van der Waals surface area contributed by atoms with Gasteiger partial charge in [0.05, 0.1) is 5.92 Å². The summed E-state index contributed by atoms with van der Waals surface area (Å²) in [6, 6.07) is 0. The number of allylic oxidation sites excluding steroid dienone is 1. The van der Waals surface area contributed by atoms with E-state index in [9.17, 15) is 4.79 Å². The molecule has 2 nitrogen and oxygen atoms in total. The maximum atomic E-state index is 10.9. The molecule has 2 heteroatoms. The van der Waals surface area contributed by atoms with Crippen molar-refractivity contribution < 1.29 is 9.90 Å².